The lowest BCUT2D eigenvalue weighted by atomic mass is 9.99. The van der Waals surface area contributed by atoms with Gasteiger partial charge in [0, 0.05) is 135 Å². The first kappa shape index (κ1) is 76.8. The van der Waals surface area contributed by atoms with E-state index in [1.807, 2.05) is 224 Å². The molecule has 12 atom stereocenters. The number of fused-ring (bicyclic) bond motifs is 9. The van der Waals surface area contributed by atoms with Crippen molar-refractivity contribution < 1.29 is 47.6 Å². The van der Waals surface area contributed by atoms with Crippen molar-refractivity contribution in [2.45, 2.75) is 135 Å². The van der Waals surface area contributed by atoms with Gasteiger partial charge in [-0.3, -0.25) is 29.0 Å². The zero-order chi connectivity index (χ0) is 80.5. The summed E-state index contributed by atoms with van der Waals surface area (Å²) in [6, 6.07) is 46.3. The van der Waals surface area contributed by atoms with Crippen molar-refractivity contribution >= 4 is 34.5 Å². The Hall–Kier alpha value is -12.8. The molecule has 25 nitrogen and oxygen atoms in total. The van der Waals surface area contributed by atoms with Crippen molar-refractivity contribution in [1.82, 2.24) is 74.5 Å². The Morgan fingerprint density at radius 1 is 0.402 bits per heavy atom. The fourth-order valence-corrected chi connectivity index (χ4v) is 18.8. The van der Waals surface area contributed by atoms with Crippen molar-refractivity contribution in [3.8, 4) is 68.9 Å². The molecule has 0 radical (unpaired) electrons. The molecular formula is C92H95N15O10. The minimum Gasteiger partial charge on any atom is -0.496 e. The molecule has 12 aromatic rings. The van der Waals surface area contributed by atoms with Gasteiger partial charge in [0.1, 0.15) is 35.9 Å². The molecule has 8 aromatic heterocycles. The highest BCUT2D eigenvalue weighted by Crippen LogP contribution is 2.47. The lowest BCUT2D eigenvalue weighted by Crippen LogP contribution is -2.47. The Labute approximate surface area is 679 Å². The molecule has 25 heteroatoms. The summed E-state index contributed by atoms with van der Waals surface area (Å²) in [5.41, 5.74) is 13.1. The summed E-state index contributed by atoms with van der Waals surface area (Å²) in [5, 5.41) is 12.4. The summed E-state index contributed by atoms with van der Waals surface area (Å²) in [6.07, 6.45) is 23.7. The molecule has 0 spiro atoms. The molecule has 12 heterocycles. The number of aromatic nitrogens is 11. The molecule has 117 heavy (non-hydrogen) atoms. The molecule has 8 aliphatic rings. The number of nitrogens with zero attached hydrogens (tertiary/aromatic N) is 13. The van der Waals surface area contributed by atoms with Crippen LogP contribution in [0.4, 0.5) is 0 Å². The Bertz CT molecular complexity index is 5530. The van der Waals surface area contributed by atoms with E-state index in [2.05, 4.69) is 50.2 Å². The van der Waals surface area contributed by atoms with Crippen LogP contribution in [-0.4, -0.2) is 187 Å². The number of piperidine rings is 4. The zero-order valence-corrected chi connectivity index (χ0v) is 66.9. The van der Waals surface area contributed by atoms with Crippen molar-refractivity contribution in [3.05, 3.63) is 251 Å². The number of amides is 4. The molecule has 598 valence electrons. The zero-order valence-electron chi connectivity index (χ0n) is 66.9. The maximum Gasteiger partial charge on any atom is 0.258 e. The van der Waals surface area contributed by atoms with Gasteiger partial charge in [-0.05, 0) is 180 Å². The number of ether oxygens (including phenoxy) is 6. The summed E-state index contributed by atoms with van der Waals surface area (Å²) >= 11 is 0. The first-order valence-corrected chi connectivity index (χ1v) is 40.3. The van der Waals surface area contributed by atoms with Crippen LogP contribution < -0.4 is 28.4 Å². The number of aromatic amines is 2. The Morgan fingerprint density at radius 3 is 1.24 bits per heavy atom. The number of rotatable bonds is 17. The second kappa shape index (κ2) is 33.2. The molecule has 4 amide bonds. The van der Waals surface area contributed by atoms with Gasteiger partial charge in [0.25, 0.3) is 23.6 Å². The smallest absolute Gasteiger partial charge is 0.258 e. The van der Waals surface area contributed by atoms with Gasteiger partial charge in [-0.25, -0.2) is 29.9 Å². The van der Waals surface area contributed by atoms with Crippen LogP contribution in [0.25, 0.3) is 44.8 Å². The summed E-state index contributed by atoms with van der Waals surface area (Å²) in [7, 11) is 5.08. The standard InChI is InChI=1S/C24H24N4O3.C24H26N4O2.C23H24N4O3.C21H21N3O2/c1-15-7-8-21(27-13-15)31-20-12-16-11-18(20)28(14-16)24(29)22-17(5-3-6-19(22)30-2)23-25-9-4-10-26-23;1-15-8-9-22(25-12-15)30-21-11-17-10-20(21)28(14-17)24(29)19-7-5-4-6-18(19)23-16(2)13-26-27(23)3;1-14-6-7-21(24-12-14)30-20-11-15-10-18(20)27(13-15)23(28)22-16(17-8-9-25-26-17)4-3-5-19(22)29-2;1-13-5-6-19(23-11-13)26-18-10-14-9-17(18)24(12-14)21(25)16-4-2-3-15-7-8-22-20(15)16/h3-10,13,16,18,20H,11-12,14H2,1-2H3;4-9,12-13,17,20-21H,10-11,14H2,1-3H3;3-9,12,15,18,20H,10-11,13H2,1-2H3,(H,25,26);2-8,11,14,17-18,22H,9-10,12H2,1H3. The normalized spacial score (nSPS) is 22.7. The van der Waals surface area contributed by atoms with E-state index in [4.69, 9.17) is 28.4 Å². The third kappa shape index (κ3) is 15.9. The molecule has 4 aliphatic carbocycles. The number of nitrogens with one attached hydrogen (secondary N) is 2. The van der Waals surface area contributed by atoms with Crippen LogP contribution in [0.3, 0.4) is 0 Å². The fraction of sp³-hybridized carbons (Fsp3) is 0.348. The number of benzene rings is 4. The highest BCUT2D eigenvalue weighted by atomic mass is 16.5. The topological polar surface area (TPSA) is 276 Å². The molecule has 4 aromatic carbocycles. The number of likely N-dealkylation sites (tertiary alicyclic amines) is 4. The number of para-hydroxylation sites is 1. The molecule has 12 unspecified atom stereocenters. The minimum atomic E-state index is -0.0717. The van der Waals surface area contributed by atoms with Crippen LogP contribution in [-0.2, 0) is 7.05 Å². The van der Waals surface area contributed by atoms with Gasteiger partial charge in [-0.15, -0.1) is 0 Å². The van der Waals surface area contributed by atoms with Crippen molar-refractivity contribution in [2.75, 3.05) is 40.4 Å². The Balaban J connectivity index is 0.000000112. The monoisotopic (exact) mass is 1570 g/mol. The third-order valence-corrected chi connectivity index (χ3v) is 24.2. The van der Waals surface area contributed by atoms with Crippen LogP contribution in [0.5, 0.6) is 35.0 Å². The SMILES string of the molecule is COc1cccc(-c2ccn[nH]2)c1C(=O)N1CC2CC(Oc3ccc(C)cn3)C1C2.COc1cccc(-c2ncccn2)c1C(=O)N1CC2CC(Oc3ccc(C)cn3)C1C2.Cc1ccc(OC2CC3CC2N(C(=O)c2cccc4cc[nH]c24)C3)nc1.Cc1ccc(OC2CC3CC2N(C(=O)c2ccccc2-c2c(C)cnn2C)C3)nc1. The number of hydrogen-bond acceptors (Lipinski definition) is 18. The molecule has 4 saturated carbocycles. The number of carbonyl (C=O) groups excluding carboxylic acids is 4. The molecule has 8 fully saturated rings. The average Bonchev–Trinajstić information content (AvgIpc) is 1.63. The van der Waals surface area contributed by atoms with Crippen LogP contribution in [0.15, 0.2) is 201 Å². The van der Waals surface area contributed by atoms with Gasteiger partial charge in [0.2, 0.25) is 23.5 Å². The maximum atomic E-state index is 13.8. The second-order valence-electron chi connectivity index (χ2n) is 32.2. The van der Waals surface area contributed by atoms with Gasteiger partial charge in [0.05, 0.1) is 78.2 Å². The summed E-state index contributed by atoms with van der Waals surface area (Å²) in [5.74, 6) is 6.02. The van der Waals surface area contributed by atoms with E-state index in [1.165, 1.54) is 0 Å². The third-order valence-electron chi connectivity index (χ3n) is 24.2. The number of carbonyl (C=O) groups is 4. The predicted molar refractivity (Wildman–Crippen MR) is 440 cm³/mol. The quantitative estimate of drug-likeness (QED) is 0.0857. The van der Waals surface area contributed by atoms with Gasteiger partial charge in [0.15, 0.2) is 5.82 Å². The lowest BCUT2D eigenvalue weighted by Gasteiger charge is -2.33. The predicted octanol–water partition coefficient (Wildman–Crippen LogP) is 14.3. The number of H-pyrrole nitrogens is 2. The van der Waals surface area contributed by atoms with Crippen molar-refractivity contribution in [2.24, 2.45) is 30.7 Å². The molecule has 8 bridgehead atoms. The average molecular weight is 1570 g/mol. The van der Waals surface area contributed by atoms with Crippen LogP contribution >= 0.6 is 0 Å². The largest absolute Gasteiger partial charge is 0.496 e. The van der Waals surface area contributed by atoms with Crippen LogP contribution in [0.1, 0.15) is 121 Å². The number of methoxy groups -OCH3 is 2. The molecular weight excluding hydrogens is 1480 g/mol. The van der Waals surface area contributed by atoms with E-state index in [0.29, 0.717) is 81.2 Å². The maximum absolute atomic E-state index is 13.8. The van der Waals surface area contributed by atoms with E-state index in [-0.39, 0.29) is 72.2 Å². The number of pyridine rings is 4. The summed E-state index contributed by atoms with van der Waals surface area (Å²) in [6.45, 7) is 13.1. The van der Waals surface area contributed by atoms with E-state index in [1.54, 1.807) is 57.3 Å². The lowest BCUT2D eigenvalue weighted by molar-refractivity contribution is 0.0461. The van der Waals surface area contributed by atoms with Crippen LogP contribution in [0, 0.1) is 58.3 Å². The highest BCUT2D eigenvalue weighted by Gasteiger charge is 2.53. The number of hydrogen-bond donors (Lipinski definition) is 2. The minimum absolute atomic E-state index is 0.00601. The van der Waals surface area contributed by atoms with Gasteiger partial charge < -0.3 is 53.0 Å². The Kier molecular flexibility index (Phi) is 21.8. The first-order chi connectivity index (χ1) is 57.0. The van der Waals surface area contributed by atoms with E-state index >= 15 is 0 Å². The summed E-state index contributed by atoms with van der Waals surface area (Å²) in [4.78, 5) is 91.6. The van der Waals surface area contributed by atoms with E-state index in [9.17, 15) is 19.2 Å². The Morgan fingerprint density at radius 2 is 0.821 bits per heavy atom. The van der Waals surface area contributed by atoms with Gasteiger partial charge in [-0.1, -0.05) is 78.9 Å². The highest BCUT2D eigenvalue weighted by molar-refractivity contribution is 6.07. The van der Waals surface area contributed by atoms with E-state index in [0.717, 1.165) is 150 Å². The molecule has 4 saturated heterocycles. The fourth-order valence-electron chi connectivity index (χ4n) is 18.8. The molecule has 20 rings (SSSR count). The van der Waals surface area contributed by atoms with Gasteiger partial charge >= 0.3 is 0 Å². The number of aryl methyl sites for hydroxylation is 6. The summed E-state index contributed by atoms with van der Waals surface area (Å²) < 4.78 is 37.7. The van der Waals surface area contributed by atoms with E-state index < -0.39 is 0 Å². The second-order valence-corrected chi connectivity index (χ2v) is 32.2. The van der Waals surface area contributed by atoms with Crippen molar-refractivity contribution in [3.63, 3.8) is 0 Å². The van der Waals surface area contributed by atoms with Crippen molar-refractivity contribution in [1.29, 1.82) is 0 Å². The molecule has 4 aliphatic heterocycles. The van der Waals surface area contributed by atoms with Gasteiger partial charge in [-0.2, -0.15) is 10.2 Å². The first-order valence-electron chi connectivity index (χ1n) is 40.3. The molecule has 2 N–H and O–H groups in total. The van der Waals surface area contributed by atoms with Crippen LogP contribution in [0.2, 0.25) is 0 Å².